The molecule has 4 N–H and O–H groups in total. The summed E-state index contributed by atoms with van der Waals surface area (Å²) < 4.78 is 22.9. The number of hydrogen-bond acceptors (Lipinski definition) is 13. The van der Waals surface area contributed by atoms with Crippen LogP contribution >= 0.6 is 0 Å². The Hall–Kier alpha value is -3.36. The summed E-state index contributed by atoms with van der Waals surface area (Å²) in [6, 6.07) is -0.810. The van der Waals surface area contributed by atoms with Crippen molar-refractivity contribution < 1.29 is 43.5 Å². The van der Waals surface area contributed by atoms with Gasteiger partial charge in [-0.3, -0.25) is 19.0 Å². The van der Waals surface area contributed by atoms with Crippen LogP contribution in [-0.2, 0) is 33.3 Å². The van der Waals surface area contributed by atoms with Crippen molar-refractivity contribution in [1.29, 1.82) is 0 Å². The van der Waals surface area contributed by atoms with E-state index >= 15 is 0 Å². The molecule has 0 radical (unpaired) electrons. The van der Waals surface area contributed by atoms with E-state index < -0.39 is 36.7 Å². The molecule has 1 saturated heterocycles. The minimum atomic E-state index is -1.06. The molecule has 37 heavy (non-hydrogen) atoms. The maximum Gasteiger partial charge on any atom is 0.323 e. The zero-order valence-electron chi connectivity index (χ0n) is 20.8. The predicted octanol–water partition coefficient (Wildman–Crippen LogP) is 0.354. The summed E-state index contributed by atoms with van der Waals surface area (Å²) >= 11 is 0. The number of aliphatic hydroxyl groups is 1. The second-order valence-electron chi connectivity index (χ2n) is 8.83. The molecule has 204 valence electrons. The lowest BCUT2D eigenvalue weighted by Crippen LogP contribution is -2.40. The van der Waals surface area contributed by atoms with Gasteiger partial charge in [-0.2, -0.15) is 4.98 Å². The van der Waals surface area contributed by atoms with Gasteiger partial charge in [-0.1, -0.05) is 20.3 Å². The lowest BCUT2D eigenvalue weighted by atomic mass is 10.0. The van der Waals surface area contributed by atoms with Crippen LogP contribution in [0.2, 0.25) is 0 Å². The number of esters is 3. The van der Waals surface area contributed by atoms with E-state index in [-0.39, 0.29) is 55.7 Å². The quantitative estimate of drug-likeness (QED) is 0.240. The number of rotatable bonds is 13. The van der Waals surface area contributed by atoms with Gasteiger partial charge in [0, 0.05) is 0 Å². The van der Waals surface area contributed by atoms with Crippen LogP contribution in [0.5, 0.6) is 5.88 Å². The maximum atomic E-state index is 12.1. The molecular weight excluding hydrogens is 490 g/mol. The number of carbonyl (C=O) groups excluding carboxylic acids is 3. The number of carbonyl (C=O) groups is 3. The van der Waals surface area contributed by atoms with Gasteiger partial charge >= 0.3 is 17.9 Å². The summed E-state index contributed by atoms with van der Waals surface area (Å²) in [6.07, 6.45) is 2.37. The number of fused-ring (bicyclic) bond motifs is 1. The summed E-state index contributed by atoms with van der Waals surface area (Å²) in [5.41, 5.74) is 6.49. The number of aromatic hydroxyl groups is 1. The fourth-order valence-corrected chi connectivity index (χ4v) is 3.65. The van der Waals surface area contributed by atoms with Crippen molar-refractivity contribution in [3.05, 3.63) is 12.7 Å². The maximum absolute atomic E-state index is 12.1. The van der Waals surface area contributed by atoms with E-state index in [0.717, 1.165) is 0 Å². The van der Waals surface area contributed by atoms with Gasteiger partial charge in [0.25, 0.3) is 0 Å². The SMILES string of the molecule is CC[C@H](C)[C@H](N)C(=O)OCC(CO)OC(=O)CCC(=O)OC[C@@H]1CC[C@H](n2cnc3c(O)ncnc32)O1. The third-order valence-corrected chi connectivity index (χ3v) is 6.14. The highest BCUT2D eigenvalue weighted by Crippen LogP contribution is 2.31. The predicted molar refractivity (Wildman–Crippen MR) is 126 cm³/mol. The molecule has 1 aliphatic heterocycles. The minimum absolute atomic E-state index is 0.00288. The molecule has 0 amide bonds. The summed E-state index contributed by atoms with van der Waals surface area (Å²) in [7, 11) is 0. The zero-order valence-corrected chi connectivity index (χ0v) is 20.8. The second-order valence-corrected chi connectivity index (χ2v) is 8.83. The smallest absolute Gasteiger partial charge is 0.323 e. The minimum Gasteiger partial charge on any atom is -0.492 e. The Balaban J connectivity index is 1.35. The van der Waals surface area contributed by atoms with Gasteiger partial charge in [0.1, 0.15) is 31.8 Å². The Kier molecular flexibility index (Phi) is 10.1. The van der Waals surface area contributed by atoms with Crippen LogP contribution in [0.4, 0.5) is 0 Å². The van der Waals surface area contributed by atoms with E-state index in [1.165, 1.54) is 12.7 Å². The molecule has 1 unspecified atom stereocenters. The average Bonchev–Trinajstić information content (AvgIpc) is 3.55. The third-order valence-electron chi connectivity index (χ3n) is 6.14. The Labute approximate surface area is 213 Å². The van der Waals surface area contributed by atoms with Crippen LogP contribution in [-0.4, -0.2) is 85.7 Å². The highest BCUT2D eigenvalue weighted by molar-refractivity contribution is 5.78. The first-order chi connectivity index (χ1) is 17.7. The molecule has 0 saturated carbocycles. The van der Waals surface area contributed by atoms with Crippen molar-refractivity contribution in [2.45, 2.75) is 70.4 Å². The lowest BCUT2D eigenvalue weighted by Gasteiger charge is -2.20. The molecule has 5 atom stereocenters. The topological polar surface area (TPSA) is 198 Å². The van der Waals surface area contributed by atoms with Crippen LogP contribution in [0.1, 0.15) is 52.2 Å². The van der Waals surface area contributed by atoms with Crippen molar-refractivity contribution in [1.82, 2.24) is 19.5 Å². The number of imidazole rings is 1. The van der Waals surface area contributed by atoms with Crippen LogP contribution < -0.4 is 5.73 Å². The van der Waals surface area contributed by atoms with Gasteiger partial charge in [-0.25, -0.2) is 9.97 Å². The number of nitrogens with two attached hydrogens (primary N) is 1. The largest absolute Gasteiger partial charge is 0.492 e. The summed E-state index contributed by atoms with van der Waals surface area (Å²) in [5, 5.41) is 19.2. The Morgan fingerprint density at radius 1 is 1.19 bits per heavy atom. The van der Waals surface area contributed by atoms with E-state index in [1.807, 2.05) is 13.8 Å². The molecular formula is C23H33N5O9. The highest BCUT2D eigenvalue weighted by atomic mass is 16.6. The van der Waals surface area contributed by atoms with Gasteiger partial charge in [0.05, 0.1) is 31.9 Å². The van der Waals surface area contributed by atoms with Crippen LogP contribution in [0.25, 0.3) is 11.2 Å². The van der Waals surface area contributed by atoms with Crippen molar-refractivity contribution in [2.75, 3.05) is 19.8 Å². The van der Waals surface area contributed by atoms with E-state index in [4.69, 9.17) is 24.7 Å². The molecule has 0 aliphatic carbocycles. The van der Waals surface area contributed by atoms with Crippen LogP contribution in [0.3, 0.4) is 0 Å². The lowest BCUT2D eigenvalue weighted by molar-refractivity contribution is -0.164. The Morgan fingerprint density at radius 2 is 1.95 bits per heavy atom. The van der Waals surface area contributed by atoms with Crippen LogP contribution in [0, 0.1) is 5.92 Å². The molecule has 1 fully saturated rings. The fourth-order valence-electron chi connectivity index (χ4n) is 3.65. The number of aliphatic hydroxyl groups excluding tert-OH is 1. The normalized spacial score (nSPS) is 19.8. The van der Waals surface area contributed by atoms with Gasteiger partial charge < -0.3 is 34.9 Å². The number of aromatic nitrogens is 4. The van der Waals surface area contributed by atoms with E-state index in [9.17, 15) is 24.6 Å². The first-order valence-electron chi connectivity index (χ1n) is 12.1. The molecule has 0 aromatic carbocycles. The Bertz CT molecular complexity index is 1080. The molecule has 1 aliphatic rings. The monoisotopic (exact) mass is 523 g/mol. The molecule has 3 heterocycles. The molecule has 14 heteroatoms. The van der Waals surface area contributed by atoms with Crippen molar-refractivity contribution in [3.63, 3.8) is 0 Å². The molecule has 2 aromatic rings. The Morgan fingerprint density at radius 3 is 2.68 bits per heavy atom. The zero-order chi connectivity index (χ0) is 26.9. The van der Waals surface area contributed by atoms with Crippen molar-refractivity contribution in [3.8, 4) is 5.88 Å². The number of nitrogens with zero attached hydrogens (tertiary/aromatic N) is 4. The van der Waals surface area contributed by atoms with Gasteiger partial charge in [-0.15, -0.1) is 0 Å². The third kappa shape index (κ3) is 7.57. The van der Waals surface area contributed by atoms with Crippen molar-refractivity contribution in [2.24, 2.45) is 11.7 Å². The van der Waals surface area contributed by atoms with E-state index in [1.54, 1.807) is 4.57 Å². The van der Waals surface area contributed by atoms with E-state index in [2.05, 4.69) is 15.0 Å². The highest BCUT2D eigenvalue weighted by Gasteiger charge is 2.29. The number of hydrogen-bond donors (Lipinski definition) is 3. The summed E-state index contributed by atoms with van der Waals surface area (Å²) in [6.45, 7) is 2.82. The van der Waals surface area contributed by atoms with Gasteiger partial charge in [0.2, 0.25) is 5.88 Å². The summed E-state index contributed by atoms with van der Waals surface area (Å²) in [4.78, 5) is 48.0. The molecule has 2 aromatic heterocycles. The molecule has 0 bridgehead atoms. The summed E-state index contributed by atoms with van der Waals surface area (Å²) in [5.74, 6) is -2.29. The average molecular weight is 524 g/mol. The van der Waals surface area contributed by atoms with Gasteiger partial charge in [-0.05, 0) is 18.8 Å². The standard InChI is InChI=1S/C23H33N5O9/c1-3-13(2)19(24)23(33)35-10-15(8-29)37-18(31)7-6-17(30)34-9-14-4-5-16(36-14)28-12-27-20-21(28)25-11-26-22(20)32/h11-16,19,29H,3-10,24H2,1-2H3,(H,25,26,32)/t13-,14-,15?,16+,19-/m0/s1. The van der Waals surface area contributed by atoms with Crippen LogP contribution in [0.15, 0.2) is 12.7 Å². The van der Waals surface area contributed by atoms with Gasteiger partial charge in [0.15, 0.2) is 17.3 Å². The molecule has 14 nitrogen and oxygen atoms in total. The van der Waals surface area contributed by atoms with E-state index in [0.29, 0.717) is 24.9 Å². The fraction of sp³-hybridized carbons (Fsp3) is 0.652. The first-order valence-corrected chi connectivity index (χ1v) is 12.1. The number of ether oxygens (including phenoxy) is 4. The first kappa shape index (κ1) is 28.2. The van der Waals surface area contributed by atoms with Crippen molar-refractivity contribution >= 4 is 29.1 Å². The second kappa shape index (κ2) is 13.3. The molecule has 0 spiro atoms. The molecule has 3 rings (SSSR count).